The van der Waals surface area contributed by atoms with Crippen molar-refractivity contribution < 1.29 is 4.79 Å². The molecule has 5 nitrogen and oxygen atoms in total. The maximum Gasteiger partial charge on any atom is 0.273 e. The van der Waals surface area contributed by atoms with Crippen molar-refractivity contribution in [1.82, 2.24) is 10.4 Å². The molecule has 0 fully saturated rings. The molecule has 1 aromatic heterocycles. The second-order valence-electron chi connectivity index (χ2n) is 6.73. The van der Waals surface area contributed by atoms with Crippen molar-refractivity contribution >= 4 is 23.4 Å². The summed E-state index contributed by atoms with van der Waals surface area (Å²) in [5.74, 6) is -0.125. The molecule has 0 unspecified atom stereocenters. The van der Waals surface area contributed by atoms with Gasteiger partial charge in [0.2, 0.25) is 0 Å². The van der Waals surface area contributed by atoms with Gasteiger partial charge >= 0.3 is 0 Å². The fraction of sp³-hybridized carbons (Fsp3) is 0.300. The summed E-state index contributed by atoms with van der Waals surface area (Å²) in [7, 11) is 0. The van der Waals surface area contributed by atoms with Gasteiger partial charge in [0, 0.05) is 17.1 Å². The first-order valence-electron chi connectivity index (χ1n) is 8.83. The van der Waals surface area contributed by atoms with E-state index in [1.807, 2.05) is 30.3 Å². The summed E-state index contributed by atoms with van der Waals surface area (Å²) in [6.45, 7) is 0. The number of benzene rings is 1. The van der Waals surface area contributed by atoms with Gasteiger partial charge < -0.3 is 10.7 Å². The fourth-order valence-corrected chi connectivity index (χ4v) is 3.52. The van der Waals surface area contributed by atoms with Crippen LogP contribution in [-0.2, 0) is 24.1 Å². The number of nitrogens with two attached hydrogens (primary N) is 1. The van der Waals surface area contributed by atoms with Crippen molar-refractivity contribution in [1.29, 1.82) is 0 Å². The molecular formula is C20H22N4O. The highest BCUT2D eigenvalue weighted by molar-refractivity contribution is 6.27. The van der Waals surface area contributed by atoms with Crippen LogP contribution in [0, 0.1) is 0 Å². The van der Waals surface area contributed by atoms with Crippen LogP contribution in [0.5, 0.6) is 0 Å². The van der Waals surface area contributed by atoms with Crippen LogP contribution in [0.25, 0.3) is 6.08 Å². The van der Waals surface area contributed by atoms with Gasteiger partial charge in [0.05, 0.1) is 11.3 Å². The van der Waals surface area contributed by atoms with Crippen LogP contribution >= 0.6 is 0 Å². The molecule has 0 saturated heterocycles. The summed E-state index contributed by atoms with van der Waals surface area (Å²) in [4.78, 5) is 15.6. The van der Waals surface area contributed by atoms with Crippen molar-refractivity contribution in [2.24, 2.45) is 5.10 Å². The number of carbonyl (C=O) groups excluding carboxylic acids is 1. The molecule has 4 N–H and O–H groups in total. The Balaban J connectivity index is 1.51. The number of aryl methyl sites for hydroxylation is 3. The number of nitrogens with one attached hydrogen (secondary N) is 2. The Kier molecular flexibility index (Phi) is 4.14. The van der Waals surface area contributed by atoms with Crippen molar-refractivity contribution in [3.63, 3.8) is 0 Å². The number of nitrogen functional groups attached to an aromatic ring is 1. The van der Waals surface area contributed by atoms with Crippen LogP contribution in [0.1, 0.15) is 41.8 Å². The van der Waals surface area contributed by atoms with Crippen LogP contribution in [0.15, 0.2) is 41.0 Å². The molecule has 25 heavy (non-hydrogen) atoms. The molecule has 4 rings (SSSR count). The Bertz CT molecular complexity index is 835. The third kappa shape index (κ3) is 3.36. The minimum absolute atomic E-state index is 0.125. The van der Waals surface area contributed by atoms with Gasteiger partial charge in [0.15, 0.2) is 0 Å². The molecule has 0 atom stereocenters. The van der Waals surface area contributed by atoms with E-state index in [9.17, 15) is 4.79 Å². The summed E-state index contributed by atoms with van der Waals surface area (Å²) >= 11 is 0. The Labute approximate surface area is 147 Å². The molecule has 1 aliphatic heterocycles. The zero-order valence-electron chi connectivity index (χ0n) is 14.1. The smallest absolute Gasteiger partial charge is 0.273 e. The lowest BCUT2D eigenvalue weighted by Crippen LogP contribution is -2.13. The van der Waals surface area contributed by atoms with Crippen molar-refractivity contribution in [2.45, 2.75) is 38.5 Å². The average molecular weight is 334 g/mol. The highest BCUT2D eigenvalue weighted by Gasteiger charge is 2.23. The molecule has 2 heterocycles. The van der Waals surface area contributed by atoms with Crippen molar-refractivity contribution in [3.8, 4) is 0 Å². The standard InChI is InChI=1S/C20H22N4O/c21-15-8-5-13(6-9-15)7-10-19-17(20(25)24-23-19)12-16-11-14-3-1-2-4-18(14)22-16/h5-6,8-9,11-12,22H,1-4,7,10,21H2,(H,24,25)/b17-12+. The molecule has 1 aromatic carbocycles. The molecule has 0 radical (unpaired) electrons. The minimum atomic E-state index is -0.125. The van der Waals surface area contributed by atoms with E-state index >= 15 is 0 Å². The van der Waals surface area contributed by atoms with E-state index in [4.69, 9.17) is 5.73 Å². The first-order chi connectivity index (χ1) is 12.2. The van der Waals surface area contributed by atoms with E-state index in [0.717, 1.165) is 42.8 Å². The summed E-state index contributed by atoms with van der Waals surface area (Å²) < 4.78 is 0. The van der Waals surface area contributed by atoms with Crippen LogP contribution < -0.4 is 11.2 Å². The zero-order chi connectivity index (χ0) is 17.2. The number of amides is 1. The number of carbonyl (C=O) groups is 1. The SMILES string of the molecule is Nc1ccc(CCC2=NNC(=O)/C2=C/c2cc3c([nH]2)CCCC3)cc1. The Hall–Kier alpha value is -2.82. The highest BCUT2D eigenvalue weighted by Crippen LogP contribution is 2.24. The van der Waals surface area contributed by atoms with E-state index in [0.29, 0.717) is 5.57 Å². The molecular weight excluding hydrogens is 312 g/mol. The van der Waals surface area contributed by atoms with Gasteiger partial charge in [-0.15, -0.1) is 0 Å². The quantitative estimate of drug-likeness (QED) is 0.593. The van der Waals surface area contributed by atoms with E-state index in [1.54, 1.807) is 0 Å². The summed E-state index contributed by atoms with van der Waals surface area (Å²) in [6, 6.07) is 10.0. The number of H-pyrrole nitrogens is 1. The predicted octanol–water partition coefficient (Wildman–Crippen LogP) is 2.98. The molecule has 0 bridgehead atoms. The van der Waals surface area contributed by atoms with Gasteiger partial charge in [-0.1, -0.05) is 12.1 Å². The number of hydrogen-bond acceptors (Lipinski definition) is 3. The number of aromatic amines is 1. The van der Waals surface area contributed by atoms with Gasteiger partial charge in [-0.2, -0.15) is 5.10 Å². The molecule has 5 heteroatoms. The van der Waals surface area contributed by atoms with Gasteiger partial charge in [-0.05, 0) is 73.9 Å². The highest BCUT2D eigenvalue weighted by atomic mass is 16.2. The van der Waals surface area contributed by atoms with Crippen molar-refractivity contribution in [2.75, 3.05) is 5.73 Å². The summed E-state index contributed by atoms with van der Waals surface area (Å²) in [5, 5.41) is 4.22. The Morgan fingerprint density at radius 2 is 1.92 bits per heavy atom. The lowest BCUT2D eigenvalue weighted by molar-refractivity contribution is -0.116. The zero-order valence-corrected chi connectivity index (χ0v) is 14.1. The van der Waals surface area contributed by atoms with Crippen LogP contribution in [0.4, 0.5) is 5.69 Å². The summed E-state index contributed by atoms with van der Waals surface area (Å²) in [6.07, 6.45) is 8.18. The number of anilines is 1. The monoisotopic (exact) mass is 334 g/mol. The third-order valence-corrected chi connectivity index (χ3v) is 4.91. The number of hydrazone groups is 1. The molecule has 2 aromatic rings. The molecule has 0 saturated carbocycles. The number of aromatic nitrogens is 1. The van der Waals surface area contributed by atoms with Gasteiger partial charge in [0.1, 0.15) is 0 Å². The number of hydrogen-bond donors (Lipinski definition) is 3. The molecule has 128 valence electrons. The lowest BCUT2D eigenvalue weighted by Gasteiger charge is -2.08. The lowest BCUT2D eigenvalue weighted by atomic mass is 9.98. The topological polar surface area (TPSA) is 83.3 Å². The largest absolute Gasteiger partial charge is 0.399 e. The Morgan fingerprint density at radius 1 is 1.12 bits per heavy atom. The molecule has 1 aliphatic carbocycles. The molecule has 1 amide bonds. The van der Waals surface area contributed by atoms with E-state index < -0.39 is 0 Å². The maximum atomic E-state index is 12.2. The van der Waals surface area contributed by atoms with Gasteiger partial charge in [-0.25, -0.2) is 5.43 Å². The fourth-order valence-electron chi connectivity index (χ4n) is 3.52. The van der Waals surface area contributed by atoms with E-state index in [2.05, 4.69) is 21.6 Å². The first-order valence-corrected chi connectivity index (χ1v) is 8.83. The second kappa shape index (κ2) is 6.59. The number of nitrogens with zero attached hydrogens (tertiary/aromatic N) is 1. The van der Waals surface area contributed by atoms with Gasteiger partial charge in [-0.3, -0.25) is 4.79 Å². The molecule has 0 spiro atoms. The van der Waals surface area contributed by atoms with E-state index in [1.165, 1.54) is 29.7 Å². The minimum Gasteiger partial charge on any atom is -0.399 e. The maximum absolute atomic E-state index is 12.2. The first kappa shape index (κ1) is 15.7. The van der Waals surface area contributed by atoms with Crippen LogP contribution in [-0.4, -0.2) is 16.6 Å². The van der Waals surface area contributed by atoms with Gasteiger partial charge in [0.25, 0.3) is 5.91 Å². The normalized spacial score (nSPS) is 18.2. The summed E-state index contributed by atoms with van der Waals surface area (Å²) in [5.41, 5.74) is 15.4. The van der Waals surface area contributed by atoms with Crippen molar-refractivity contribution in [3.05, 3.63) is 58.4 Å². The third-order valence-electron chi connectivity index (χ3n) is 4.91. The van der Waals surface area contributed by atoms with Crippen LogP contribution in [0.2, 0.25) is 0 Å². The number of rotatable bonds is 4. The number of fused-ring (bicyclic) bond motifs is 1. The Morgan fingerprint density at radius 3 is 2.72 bits per heavy atom. The predicted molar refractivity (Wildman–Crippen MR) is 100 cm³/mol. The average Bonchev–Trinajstić information content (AvgIpc) is 3.18. The van der Waals surface area contributed by atoms with E-state index in [-0.39, 0.29) is 5.91 Å². The van der Waals surface area contributed by atoms with Crippen LogP contribution in [0.3, 0.4) is 0 Å². The molecule has 2 aliphatic rings. The second-order valence-corrected chi connectivity index (χ2v) is 6.73.